The Morgan fingerprint density at radius 3 is 2.67 bits per heavy atom. The summed E-state index contributed by atoms with van der Waals surface area (Å²) in [6.07, 6.45) is 8.46. The standard InChI is InChI=1S/C32H28N2O2/c1-32(2)27-11-4-3-9-23(27)24-15-14-22(18-28(24)32)34-29-12-6-10-25(29)26-17-20(13-16-30(26)34)7-5-8-21(19-33)31(35)36/h3-5,7-9,11,13-18,25,29H,6,10,12H2,1-2H3,(H,35,36)/b7-5+,21-8+. The Morgan fingerprint density at radius 2 is 1.86 bits per heavy atom. The topological polar surface area (TPSA) is 64.3 Å². The van der Waals surface area contributed by atoms with E-state index in [-0.39, 0.29) is 11.0 Å². The van der Waals surface area contributed by atoms with E-state index in [4.69, 9.17) is 10.4 Å². The van der Waals surface area contributed by atoms with Crippen molar-refractivity contribution in [1.29, 1.82) is 5.26 Å². The summed E-state index contributed by atoms with van der Waals surface area (Å²) in [5, 5.41) is 18.0. The first-order valence-corrected chi connectivity index (χ1v) is 12.6. The second-order valence-electron chi connectivity index (χ2n) is 10.5. The molecule has 1 saturated carbocycles. The van der Waals surface area contributed by atoms with Crippen LogP contribution < -0.4 is 4.90 Å². The Kier molecular flexibility index (Phi) is 5.12. The molecule has 0 spiro atoms. The maximum atomic E-state index is 11.1. The Labute approximate surface area is 211 Å². The number of hydrogen-bond acceptors (Lipinski definition) is 3. The molecule has 36 heavy (non-hydrogen) atoms. The lowest BCUT2D eigenvalue weighted by Crippen LogP contribution is -2.27. The molecule has 2 unspecified atom stereocenters. The second-order valence-corrected chi connectivity index (χ2v) is 10.5. The minimum atomic E-state index is -1.21. The van der Waals surface area contributed by atoms with E-state index in [0.29, 0.717) is 12.0 Å². The van der Waals surface area contributed by atoms with Gasteiger partial charge in [-0.05, 0) is 76.6 Å². The molecule has 2 aliphatic carbocycles. The van der Waals surface area contributed by atoms with E-state index in [2.05, 4.69) is 79.4 Å². The van der Waals surface area contributed by atoms with Crippen LogP contribution in [0.5, 0.6) is 0 Å². The maximum Gasteiger partial charge on any atom is 0.346 e. The highest BCUT2D eigenvalue weighted by molar-refractivity contribution is 5.91. The molecular weight excluding hydrogens is 444 g/mol. The van der Waals surface area contributed by atoms with E-state index < -0.39 is 5.97 Å². The number of allylic oxidation sites excluding steroid dienone is 2. The maximum absolute atomic E-state index is 11.1. The number of nitriles is 1. The molecule has 1 fully saturated rings. The van der Waals surface area contributed by atoms with Crippen LogP contribution in [0.2, 0.25) is 0 Å². The number of aliphatic carboxylic acids is 1. The largest absolute Gasteiger partial charge is 0.477 e. The molecule has 0 aromatic heterocycles. The fourth-order valence-electron chi connectivity index (χ4n) is 6.57. The highest BCUT2D eigenvalue weighted by Gasteiger charge is 2.43. The molecule has 3 aromatic carbocycles. The third kappa shape index (κ3) is 3.31. The van der Waals surface area contributed by atoms with Gasteiger partial charge in [0, 0.05) is 28.7 Å². The van der Waals surface area contributed by atoms with E-state index in [9.17, 15) is 4.79 Å². The molecule has 3 aromatic rings. The Bertz CT molecular complexity index is 1500. The summed E-state index contributed by atoms with van der Waals surface area (Å²) in [5.74, 6) is -0.711. The van der Waals surface area contributed by atoms with Crippen LogP contribution in [0.3, 0.4) is 0 Å². The van der Waals surface area contributed by atoms with Crippen molar-refractivity contribution in [1.82, 2.24) is 0 Å². The molecule has 0 amide bonds. The van der Waals surface area contributed by atoms with Gasteiger partial charge in [0.1, 0.15) is 11.6 Å². The predicted octanol–water partition coefficient (Wildman–Crippen LogP) is 7.33. The first kappa shape index (κ1) is 22.4. The molecule has 178 valence electrons. The quantitative estimate of drug-likeness (QED) is 0.245. The van der Waals surface area contributed by atoms with Gasteiger partial charge in [-0.3, -0.25) is 0 Å². The lowest BCUT2D eigenvalue weighted by molar-refractivity contribution is -0.132. The molecule has 4 nitrogen and oxygen atoms in total. The summed E-state index contributed by atoms with van der Waals surface area (Å²) in [5.41, 5.74) is 10.1. The van der Waals surface area contributed by atoms with E-state index >= 15 is 0 Å². The van der Waals surface area contributed by atoms with Crippen LogP contribution in [-0.4, -0.2) is 17.1 Å². The van der Waals surface area contributed by atoms with Crippen LogP contribution >= 0.6 is 0 Å². The first-order valence-electron chi connectivity index (χ1n) is 12.6. The molecule has 0 radical (unpaired) electrons. The number of carbonyl (C=O) groups is 1. The molecule has 0 saturated heterocycles. The normalized spacial score (nSPS) is 21.1. The van der Waals surface area contributed by atoms with Gasteiger partial charge in [0.2, 0.25) is 0 Å². The fraction of sp³-hybridized carbons (Fsp3) is 0.250. The van der Waals surface area contributed by atoms with Crippen molar-refractivity contribution in [2.45, 2.75) is 50.5 Å². The molecule has 0 bridgehead atoms. The van der Waals surface area contributed by atoms with Crippen LogP contribution in [0.25, 0.3) is 17.2 Å². The van der Waals surface area contributed by atoms with Gasteiger partial charge in [-0.25, -0.2) is 4.79 Å². The minimum absolute atomic E-state index is 0.0278. The average Bonchev–Trinajstić information content (AvgIpc) is 3.52. The van der Waals surface area contributed by atoms with Crippen LogP contribution in [0.15, 0.2) is 78.4 Å². The summed E-state index contributed by atoms with van der Waals surface area (Å²) in [6, 6.07) is 24.5. The number of fused-ring (bicyclic) bond motifs is 6. The molecular formula is C32H28N2O2. The lowest BCUT2D eigenvalue weighted by Gasteiger charge is -2.29. The van der Waals surface area contributed by atoms with Crippen molar-refractivity contribution in [3.8, 4) is 17.2 Å². The van der Waals surface area contributed by atoms with Gasteiger partial charge in [0.15, 0.2) is 0 Å². The van der Waals surface area contributed by atoms with Crippen molar-refractivity contribution in [2.24, 2.45) is 0 Å². The molecule has 3 aliphatic rings. The third-order valence-corrected chi connectivity index (χ3v) is 8.27. The molecule has 1 N–H and O–H groups in total. The van der Waals surface area contributed by atoms with Gasteiger partial charge in [-0.15, -0.1) is 0 Å². The number of carboxylic acid groups (broad SMARTS) is 1. The monoisotopic (exact) mass is 472 g/mol. The van der Waals surface area contributed by atoms with Gasteiger partial charge in [0.25, 0.3) is 0 Å². The third-order valence-electron chi connectivity index (χ3n) is 8.27. The fourth-order valence-corrected chi connectivity index (χ4v) is 6.57. The molecule has 1 aliphatic heterocycles. The van der Waals surface area contributed by atoms with E-state index in [1.54, 1.807) is 12.1 Å². The number of hydrogen-bond donors (Lipinski definition) is 1. The minimum Gasteiger partial charge on any atom is -0.477 e. The van der Waals surface area contributed by atoms with Crippen molar-refractivity contribution in [3.63, 3.8) is 0 Å². The lowest BCUT2D eigenvalue weighted by atomic mass is 9.82. The zero-order valence-electron chi connectivity index (χ0n) is 20.5. The van der Waals surface area contributed by atoms with Crippen LogP contribution in [0.1, 0.15) is 61.3 Å². The van der Waals surface area contributed by atoms with Crippen molar-refractivity contribution in [2.75, 3.05) is 4.90 Å². The SMILES string of the molecule is CC1(C)c2ccccc2-c2ccc(N3c4ccc(/C=C/C=C(\C#N)C(=O)O)cc4C4CCCC43)cc21. The zero-order chi connectivity index (χ0) is 25.0. The molecule has 1 heterocycles. The highest BCUT2D eigenvalue weighted by atomic mass is 16.4. The number of rotatable bonds is 4. The van der Waals surface area contributed by atoms with Crippen LogP contribution in [0.4, 0.5) is 11.4 Å². The second kappa shape index (κ2) is 8.24. The van der Waals surface area contributed by atoms with Gasteiger partial charge in [-0.1, -0.05) is 68.8 Å². The Balaban J connectivity index is 1.38. The van der Waals surface area contributed by atoms with E-state index in [0.717, 1.165) is 5.56 Å². The number of carboxylic acids is 1. The average molecular weight is 473 g/mol. The molecule has 4 heteroatoms. The summed E-state index contributed by atoms with van der Waals surface area (Å²) < 4.78 is 0. The highest BCUT2D eigenvalue weighted by Crippen LogP contribution is 2.55. The Hall–Kier alpha value is -4.10. The summed E-state index contributed by atoms with van der Waals surface area (Å²) in [6.45, 7) is 4.65. The van der Waals surface area contributed by atoms with Gasteiger partial charge < -0.3 is 10.0 Å². The van der Waals surface area contributed by atoms with Crippen LogP contribution in [0, 0.1) is 11.3 Å². The van der Waals surface area contributed by atoms with Gasteiger partial charge in [0.05, 0.1) is 0 Å². The van der Waals surface area contributed by atoms with E-state index in [1.807, 2.05) is 6.08 Å². The zero-order valence-corrected chi connectivity index (χ0v) is 20.5. The predicted molar refractivity (Wildman–Crippen MR) is 143 cm³/mol. The van der Waals surface area contributed by atoms with Gasteiger partial charge >= 0.3 is 5.97 Å². The van der Waals surface area contributed by atoms with Crippen molar-refractivity contribution >= 4 is 23.4 Å². The number of nitrogens with zero attached hydrogens (tertiary/aromatic N) is 2. The summed E-state index contributed by atoms with van der Waals surface area (Å²) >= 11 is 0. The van der Waals surface area contributed by atoms with Crippen LogP contribution in [-0.2, 0) is 10.2 Å². The number of anilines is 2. The van der Waals surface area contributed by atoms with Crippen molar-refractivity contribution in [3.05, 3.63) is 101 Å². The smallest absolute Gasteiger partial charge is 0.346 e. The number of benzene rings is 3. The molecule has 6 rings (SSSR count). The molecule has 2 atom stereocenters. The first-order chi connectivity index (χ1) is 17.4. The summed E-state index contributed by atoms with van der Waals surface area (Å²) in [7, 11) is 0. The van der Waals surface area contributed by atoms with Crippen molar-refractivity contribution < 1.29 is 9.90 Å². The van der Waals surface area contributed by atoms with E-state index in [1.165, 1.54) is 64.5 Å². The summed E-state index contributed by atoms with van der Waals surface area (Å²) in [4.78, 5) is 13.6. The van der Waals surface area contributed by atoms with Gasteiger partial charge in [-0.2, -0.15) is 5.26 Å². The Morgan fingerprint density at radius 1 is 1.06 bits per heavy atom.